The lowest BCUT2D eigenvalue weighted by Crippen LogP contribution is -2.06. The highest BCUT2D eigenvalue weighted by Crippen LogP contribution is 2.31. The van der Waals surface area contributed by atoms with Crippen LogP contribution in [0.4, 0.5) is 0 Å². The first-order valence-electron chi connectivity index (χ1n) is 5.41. The molecule has 0 fully saturated rings. The van der Waals surface area contributed by atoms with E-state index in [0.29, 0.717) is 0 Å². The summed E-state index contributed by atoms with van der Waals surface area (Å²) >= 11 is 11.0. The summed E-state index contributed by atoms with van der Waals surface area (Å²) in [5.74, 6) is 0. The lowest BCUT2D eigenvalue weighted by Gasteiger charge is -2.09. The van der Waals surface area contributed by atoms with Gasteiger partial charge in [0.1, 0.15) is 5.03 Å². The average molecular weight is 344 g/mol. The Morgan fingerprint density at radius 2 is 2.17 bits per heavy atom. The molecule has 0 radical (unpaired) electrons. The monoisotopic (exact) mass is 342 g/mol. The topological polar surface area (TPSA) is 24.9 Å². The molecule has 0 spiro atoms. The van der Waals surface area contributed by atoms with E-state index in [0.717, 1.165) is 26.0 Å². The van der Waals surface area contributed by atoms with Gasteiger partial charge in [-0.1, -0.05) is 29.4 Å². The Balaban J connectivity index is 2.26. The van der Waals surface area contributed by atoms with Gasteiger partial charge in [0.25, 0.3) is 0 Å². The lowest BCUT2D eigenvalue weighted by molar-refractivity contribution is 0.803. The molecule has 18 heavy (non-hydrogen) atoms. The summed E-state index contributed by atoms with van der Waals surface area (Å²) in [5, 5.41) is 4.86. The van der Waals surface area contributed by atoms with E-state index in [1.54, 1.807) is 18.0 Å². The number of nitrogens with zero attached hydrogens (tertiary/aromatic N) is 1. The van der Waals surface area contributed by atoms with Crippen LogP contribution in [0.2, 0.25) is 5.02 Å². The first-order chi connectivity index (χ1) is 8.69. The summed E-state index contributed by atoms with van der Waals surface area (Å²) in [5.41, 5.74) is 1.22. The van der Waals surface area contributed by atoms with Crippen LogP contribution < -0.4 is 5.32 Å². The molecule has 1 aromatic carbocycles. The highest BCUT2D eigenvalue weighted by atomic mass is 79.9. The van der Waals surface area contributed by atoms with Crippen molar-refractivity contribution in [1.29, 1.82) is 0 Å². The molecule has 0 bridgehead atoms. The van der Waals surface area contributed by atoms with Crippen LogP contribution in [-0.4, -0.2) is 12.0 Å². The molecule has 2 nitrogen and oxygen atoms in total. The van der Waals surface area contributed by atoms with Crippen LogP contribution in [-0.2, 0) is 6.54 Å². The van der Waals surface area contributed by atoms with Gasteiger partial charge in [-0.3, -0.25) is 0 Å². The van der Waals surface area contributed by atoms with E-state index in [9.17, 15) is 0 Å². The molecule has 0 atom stereocenters. The third kappa shape index (κ3) is 3.72. The van der Waals surface area contributed by atoms with E-state index in [2.05, 4.69) is 26.2 Å². The van der Waals surface area contributed by atoms with Gasteiger partial charge in [0.2, 0.25) is 0 Å². The zero-order valence-electron chi connectivity index (χ0n) is 9.78. The summed E-state index contributed by atoms with van der Waals surface area (Å²) in [4.78, 5) is 5.49. The fourth-order valence-electron chi connectivity index (χ4n) is 1.50. The van der Waals surface area contributed by atoms with Crippen LogP contribution in [0.15, 0.2) is 50.9 Å². The summed E-state index contributed by atoms with van der Waals surface area (Å²) in [6.07, 6.45) is 1.80. The molecule has 1 N–H and O–H groups in total. The molecule has 0 unspecified atom stereocenters. The van der Waals surface area contributed by atoms with Crippen molar-refractivity contribution < 1.29 is 0 Å². The van der Waals surface area contributed by atoms with Gasteiger partial charge in [-0.05, 0) is 52.8 Å². The molecule has 0 amide bonds. The second kappa shape index (κ2) is 6.57. The number of halogens is 2. The van der Waals surface area contributed by atoms with Gasteiger partial charge in [-0.25, -0.2) is 4.98 Å². The van der Waals surface area contributed by atoms with Crippen molar-refractivity contribution in [3.63, 3.8) is 0 Å². The second-order valence-electron chi connectivity index (χ2n) is 3.70. The number of rotatable bonds is 4. The van der Waals surface area contributed by atoms with E-state index in [1.807, 2.05) is 37.4 Å². The predicted octanol–water partition coefficient (Wildman–Crippen LogP) is 4.37. The third-order valence-electron chi connectivity index (χ3n) is 2.31. The quantitative estimate of drug-likeness (QED) is 0.892. The van der Waals surface area contributed by atoms with Crippen molar-refractivity contribution in [3.05, 3.63) is 51.6 Å². The van der Waals surface area contributed by atoms with Crippen molar-refractivity contribution in [2.45, 2.75) is 16.5 Å². The average Bonchev–Trinajstić information content (AvgIpc) is 2.36. The number of hydrogen-bond acceptors (Lipinski definition) is 3. The number of hydrogen-bond donors (Lipinski definition) is 1. The lowest BCUT2D eigenvalue weighted by atomic mass is 10.2. The fraction of sp³-hybridized carbons (Fsp3) is 0.154. The minimum Gasteiger partial charge on any atom is -0.316 e. The Kier molecular flexibility index (Phi) is 5.06. The highest BCUT2D eigenvalue weighted by molar-refractivity contribution is 9.10. The second-order valence-corrected chi connectivity index (χ2v) is 6.11. The van der Waals surface area contributed by atoms with Crippen LogP contribution in [0.5, 0.6) is 0 Å². The van der Waals surface area contributed by atoms with Gasteiger partial charge in [-0.15, -0.1) is 0 Å². The zero-order valence-corrected chi connectivity index (χ0v) is 12.9. The molecular formula is C13H12BrClN2S. The number of nitrogens with one attached hydrogen (secondary N) is 1. The maximum Gasteiger partial charge on any atom is 0.101 e. The maximum atomic E-state index is 6.05. The number of benzene rings is 1. The van der Waals surface area contributed by atoms with Crippen LogP contribution in [0.3, 0.4) is 0 Å². The van der Waals surface area contributed by atoms with Crippen LogP contribution in [0.25, 0.3) is 0 Å². The molecule has 0 aliphatic heterocycles. The van der Waals surface area contributed by atoms with Gasteiger partial charge in [0.15, 0.2) is 0 Å². The van der Waals surface area contributed by atoms with E-state index in [1.165, 1.54) is 5.56 Å². The Labute approximate surface area is 124 Å². The van der Waals surface area contributed by atoms with Gasteiger partial charge in [0.05, 0.1) is 0 Å². The number of aromatic nitrogens is 1. The molecule has 1 heterocycles. The summed E-state index contributed by atoms with van der Waals surface area (Å²) < 4.78 is 0.980. The van der Waals surface area contributed by atoms with Crippen molar-refractivity contribution in [1.82, 2.24) is 10.3 Å². The van der Waals surface area contributed by atoms with Crippen LogP contribution >= 0.6 is 39.3 Å². The molecule has 0 aliphatic carbocycles. The van der Waals surface area contributed by atoms with Gasteiger partial charge in [0, 0.05) is 27.1 Å². The standard InChI is InChI=1S/C13H12BrClN2S/c1-16-7-9-2-4-11(15)6-12(9)18-13-5-3-10(14)8-17-13/h2-6,8,16H,7H2,1H3. The van der Waals surface area contributed by atoms with E-state index >= 15 is 0 Å². The van der Waals surface area contributed by atoms with E-state index in [-0.39, 0.29) is 0 Å². The molecule has 2 aromatic rings. The zero-order chi connectivity index (χ0) is 13.0. The third-order valence-corrected chi connectivity index (χ3v) is 4.07. The van der Waals surface area contributed by atoms with Crippen LogP contribution in [0, 0.1) is 0 Å². The SMILES string of the molecule is CNCc1ccc(Cl)cc1Sc1ccc(Br)cn1. The molecule has 94 valence electrons. The molecule has 1 aromatic heterocycles. The largest absolute Gasteiger partial charge is 0.316 e. The summed E-state index contributed by atoms with van der Waals surface area (Å²) in [6.45, 7) is 0.816. The minimum atomic E-state index is 0.745. The highest BCUT2D eigenvalue weighted by Gasteiger charge is 2.06. The molecular weight excluding hydrogens is 332 g/mol. The molecule has 0 saturated heterocycles. The predicted molar refractivity (Wildman–Crippen MR) is 80.3 cm³/mol. The normalized spacial score (nSPS) is 10.6. The Morgan fingerprint density at radius 3 is 2.83 bits per heavy atom. The Hall–Kier alpha value is -0.550. The molecule has 5 heteroatoms. The number of pyridine rings is 1. The molecule has 0 saturated carbocycles. The van der Waals surface area contributed by atoms with Crippen molar-refractivity contribution in [2.24, 2.45) is 0 Å². The molecule has 0 aliphatic rings. The Bertz CT molecular complexity index is 531. The Morgan fingerprint density at radius 1 is 1.33 bits per heavy atom. The van der Waals surface area contributed by atoms with Crippen molar-refractivity contribution in [2.75, 3.05) is 7.05 Å². The summed E-state index contributed by atoms with van der Waals surface area (Å²) in [7, 11) is 1.93. The first kappa shape index (κ1) is 13.9. The smallest absolute Gasteiger partial charge is 0.101 e. The van der Waals surface area contributed by atoms with E-state index in [4.69, 9.17) is 11.6 Å². The minimum absolute atomic E-state index is 0.745. The van der Waals surface area contributed by atoms with Gasteiger partial charge >= 0.3 is 0 Å². The fourth-order valence-corrected chi connectivity index (χ4v) is 2.89. The van der Waals surface area contributed by atoms with Crippen molar-refractivity contribution >= 4 is 39.3 Å². The maximum absolute atomic E-state index is 6.05. The first-order valence-corrected chi connectivity index (χ1v) is 7.40. The van der Waals surface area contributed by atoms with Gasteiger partial charge < -0.3 is 5.32 Å². The van der Waals surface area contributed by atoms with Crippen molar-refractivity contribution in [3.8, 4) is 0 Å². The van der Waals surface area contributed by atoms with Crippen LogP contribution in [0.1, 0.15) is 5.56 Å². The molecule has 2 rings (SSSR count). The van der Waals surface area contributed by atoms with E-state index < -0.39 is 0 Å². The summed E-state index contributed by atoms with van der Waals surface area (Å²) in [6, 6.07) is 9.90. The van der Waals surface area contributed by atoms with Gasteiger partial charge in [-0.2, -0.15) is 0 Å².